The van der Waals surface area contributed by atoms with Crippen molar-refractivity contribution in [1.82, 2.24) is 4.98 Å². The third-order valence-corrected chi connectivity index (χ3v) is 5.95. The lowest BCUT2D eigenvalue weighted by Crippen LogP contribution is -2.36. The van der Waals surface area contributed by atoms with Gasteiger partial charge in [0.1, 0.15) is 5.69 Å². The third kappa shape index (κ3) is 5.79. The molecule has 186 valence electrons. The molecule has 1 saturated heterocycles. The Balaban J connectivity index is 1.36. The Bertz CT molecular complexity index is 1320. The number of carbonyl (C=O) groups is 2. The zero-order valence-corrected chi connectivity index (χ0v) is 19.4. The van der Waals surface area contributed by atoms with Gasteiger partial charge in [-0.2, -0.15) is 0 Å². The summed E-state index contributed by atoms with van der Waals surface area (Å²) >= 11 is 1.10. The van der Waals surface area contributed by atoms with Crippen molar-refractivity contribution < 1.29 is 28.9 Å². The Kier molecular flexibility index (Phi) is 7.46. The second kappa shape index (κ2) is 10.9. The fourth-order valence-electron chi connectivity index (χ4n) is 3.48. The number of benzene rings is 2. The van der Waals surface area contributed by atoms with Gasteiger partial charge < -0.3 is 14.4 Å². The average Bonchev–Trinajstić information content (AvgIpc) is 3.36. The highest BCUT2D eigenvalue weighted by Crippen LogP contribution is 2.30. The fourth-order valence-corrected chi connectivity index (χ4v) is 4.22. The van der Waals surface area contributed by atoms with E-state index in [0.717, 1.165) is 17.4 Å². The van der Waals surface area contributed by atoms with E-state index in [1.54, 1.807) is 16.3 Å². The summed E-state index contributed by atoms with van der Waals surface area (Å²) < 4.78 is 10.3. The number of rotatable bonds is 8. The van der Waals surface area contributed by atoms with Gasteiger partial charge in [0.2, 0.25) is 0 Å². The molecule has 1 aromatic heterocycles. The first kappa shape index (κ1) is 24.7. The molecule has 0 spiro atoms. The van der Waals surface area contributed by atoms with Gasteiger partial charge >= 0.3 is 5.97 Å². The number of hydrogen-bond donors (Lipinski definition) is 1. The fraction of sp³-hybridized carbons (Fsp3) is 0.227. The van der Waals surface area contributed by atoms with Crippen LogP contribution in [0.25, 0.3) is 11.3 Å². The number of anilines is 2. The Morgan fingerprint density at radius 1 is 1.11 bits per heavy atom. The predicted molar refractivity (Wildman–Crippen MR) is 129 cm³/mol. The van der Waals surface area contributed by atoms with Crippen LogP contribution < -0.4 is 10.2 Å². The van der Waals surface area contributed by atoms with Crippen LogP contribution in [0.5, 0.6) is 0 Å². The van der Waals surface area contributed by atoms with E-state index in [2.05, 4.69) is 10.3 Å². The van der Waals surface area contributed by atoms with Crippen LogP contribution in [-0.2, 0) is 14.3 Å². The molecular formula is C22H19N5O8S. The average molecular weight is 513 g/mol. The molecule has 1 fully saturated rings. The Hall–Kier alpha value is -4.43. The summed E-state index contributed by atoms with van der Waals surface area (Å²) in [7, 11) is 0. The van der Waals surface area contributed by atoms with Crippen LogP contribution in [0.1, 0.15) is 10.4 Å². The van der Waals surface area contributed by atoms with E-state index in [9.17, 15) is 29.8 Å². The number of nitrogens with one attached hydrogen (secondary N) is 1. The van der Waals surface area contributed by atoms with Crippen molar-refractivity contribution in [3.05, 3.63) is 73.6 Å². The predicted octanol–water partition coefficient (Wildman–Crippen LogP) is 3.26. The Labute approximate surface area is 207 Å². The molecule has 0 unspecified atom stereocenters. The molecule has 2 aromatic carbocycles. The van der Waals surface area contributed by atoms with E-state index in [0.29, 0.717) is 43.2 Å². The molecule has 4 rings (SSSR count). The van der Waals surface area contributed by atoms with Gasteiger partial charge in [-0.1, -0.05) is 12.1 Å². The van der Waals surface area contributed by atoms with Gasteiger partial charge in [0, 0.05) is 42.2 Å². The number of hydrogen-bond acceptors (Lipinski definition) is 11. The van der Waals surface area contributed by atoms with Crippen LogP contribution in [0, 0.1) is 20.2 Å². The van der Waals surface area contributed by atoms with Crippen molar-refractivity contribution in [2.75, 3.05) is 43.1 Å². The van der Waals surface area contributed by atoms with Crippen molar-refractivity contribution in [1.29, 1.82) is 0 Å². The van der Waals surface area contributed by atoms with Gasteiger partial charge in [-0.25, -0.2) is 9.78 Å². The number of aromatic nitrogens is 1. The molecule has 1 amide bonds. The molecule has 14 heteroatoms. The quantitative estimate of drug-likeness (QED) is 0.268. The number of ether oxygens (including phenoxy) is 2. The number of amides is 1. The molecular weight excluding hydrogens is 494 g/mol. The molecule has 0 bridgehead atoms. The van der Waals surface area contributed by atoms with Gasteiger partial charge in [0.25, 0.3) is 17.3 Å². The molecule has 36 heavy (non-hydrogen) atoms. The smallest absolute Gasteiger partial charge is 0.338 e. The summed E-state index contributed by atoms with van der Waals surface area (Å²) in [4.78, 5) is 52.1. The highest BCUT2D eigenvalue weighted by molar-refractivity contribution is 7.14. The van der Waals surface area contributed by atoms with Crippen LogP contribution in [0.2, 0.25) is 0 Å². The van der Waals surface area contributed by atoms with E-state index in [4.69, 9.17) is 9.47 Å². The van der Waals surface area contributed by atoms with Crippen LogP contribution in [0.3, 0.4) is 0 Å². The maximum Gasteiger partial charge on any atom is 0.338 e. The summed E-state index contributed by atoms with van der Waals surface area (Å²) in [5, 5.41) is 26.8. The largest absolute Gasteiger partial charge is 0.452 e. The molecule has 13 nitrogen and oxygen atoms in total. The second-order valence-electron chi connectivity index (χ2n) is 7.53. The number of esters is 1. The van der Waals surface area contributed by atoms with E-state index < -0.39 is 28.3 Å². The minimum Gasteiger partial charge on any atom is -0.452 e. The van der Waals surface area contributed by atoms with Gasteiger partial charge in [0.05, 0.1) is 34.3 Å². The zero-order valence-electron chi connectivity index (χ0n) is 18.6. The van der Waals surface area contributed by atoms with Crippen molar-refractivity contribution >= 4 is 45.4 Å². The van der Waals surface area contributed by atoms with Gasteiger partial charge in [-0.15, -0.1) is 11.3 Å². The van der Waals surface area contributed by atoms with Crippen molar-refractivity contribution in [2.24, 2.45) is 0 Å². The summed E-state index contributed by atoms with van der Waals surface area (Å²) in [6, 6.07) is 9.91. The third-order valence-electron chi connectivity index (χ3n) is 5.20. The monoisotopic (exact) mass is 513 g/mol. The standard InChI is InChI=1S/C22H19N5O8S/c28-20(24-22-23-17(13-36-22)14-2-1-3-16(10-14)26(30)31)12-35-21(29)15-4-5-18(19(11-15)27(32)33)25-6-8-34-9-7-25/h1-5,10-11,13H,6-9,12H2,(H,23,24,28). The highest BCUT2D eigenvalue weighted by Gasteiger charge is 2.24. The minimum absolute atomic E-state index is 0.0614. The first-order valence-electron chi connectivity index (χ1n) is 10.6. The van der Waals surface area contributed by atoms with E-state index in [1.807, 2.05) is 0 Å². The molecule has 1 aliphatic heterocycles. The summed E-state index contributed by atoms with van der Waals surface area (Å²) in [6.07, 6.45) is 0. The number of nitrogens with zero attached hydrogens (tertiary/aromatic N) is 4. The topological polar surface area (TPSA) is 167 Å². The van der Waals surface area contributed by atoms with Crippen LogP contribution in [0.4, 0.5) is 22.2 Å². The number of carbonyl (C=O) groups excluding carboxylic acids is 2. The number of nitro benzene ring substituents is 2. The van der Waals surface area contributed by atoms with Gasteiger partial charge in [0.15, 0.2) is 11.7 Å². The molecule has 1 N–H and O–H groups in total. The lowest BCUT2D eigenvalue weighted by Gasteiger charge is -2.28. The van der Waals surface area contributed by atoms with Crippen LogP contribution in [-0.4, -0.2) is 59.6 Å². The van der Waals surface area contributed by atoms with E-state index >= 15 is 0 Å². The molecule has 1 aliphatic rings. The minimum atomic E-state index is -0.891. The molecule has 0 aliphatic carbocycles. The SMILES string of the molecule is O=C(COC(=O)c1ccc(N2CCOCC2)c([N+](=O)[O-])c1)Nc1nc(-c2cccc([N+](=O)[O-])c2)cs1. The molecule has 0 radical (unpaired) electrons. The summed E-state index contributed by atoms with van der Waals surface area (Å²) in [5.74, 6) is -1.55. The van der Waals surface area contributed by atoms with E-state index in [1.165, 1.54) is 30.3 Å². The molecule has 2 heterocycles. The maximum absolute atomic E-state index is 12.4. The maximum atomic E-state index is 12.4. The number of thiazole rings is 1. The second-order valence-corrected chi connectivity index (χ2v) is 8.39. The highest BCUT2D eigenvalue weighted by atomic mass is 32.1. The molecule has 0 saturated carbocycles. The summed E-state index contributed by atoms with van der Waals surface area (Å²) in [6.45, 7) is 1.24. The zero-order chi connectivity index (χ0) is 25.7. The first-order valence-corrected chi connectivity index (χ1v) is 11.5. The van der Waals surface area contributed by atoms with Crippen LogP contribution >= 0.6 is 11.3 Å². The van der Waals surface area contributed by atoms with Gasteiger partial charge in [-0.3, -0.25) is 30.3 Å². The number of nitro groups is 2. The molecule has 3 aromatic rings. The van der Waals surface area contributed by atoms with Crippen molar-refractivity contribution in [3.8, 4) is 11.3 Å². The number of morpholine rings is 1. The van der Waals surface area contributed by atoms with Crippen LogP contribution in [0.15, 0.2) is 47.8 Å². The molecule has 0 atom stereocenters. The number of non-ortho nitro benzene ring substituents is 1. The normalized spacial score (nSPS) is 13.2. The van der Waals surface area contributed by atoms with Gasteiger partial charge in [-0.05, 0) is 12.1 Å². The van der Waals surface area contributed by atoms with Crippen molar-refractivity contribution in [3.63, 3.8) is 0 Å². The lowest BCUT2D eigenvalue weighted by molar-refractivity contribution is -0.384. The Morgan fingerprint density at radius 2 is 1.89 bits per heavy atom. The first-order chi connectivity index (χ1) is 17.3. The Morgan fingerprint density at radius 3 is 2.61 bits per heavy atom. The summed E-state index contributed by atoms with van der Waals surface area (Å²) in [5.41, 5.74) is 0.927. The van der Waals surface area contributed by atoms with E-state index in [-0.39, 0.29) is 22.1 Å². The van der Waals surface area contributed by atoms with Crippen molar-refractivity contribution in [2.45, 2.75) is 0 Å². The lowest BCUT2D eigenvalue weighted by atomic mass is 10.1.